The van der Waals surface area contributed by atoms with Gasteiger partial charge in [-0.05, 0) is 126 Å². The van der Waals surface area contributed by atoms with Gasteiger partial charge in [-0.25, -0.2) is 24.5 Å². The van der Waals surface area contributed by atoms with E-state index in [4.69, 9.17) is 54.1 Å². The summed E-state index contributed by atoms with van der Waals surface area (Å²) in [5.41, 5.74) is 19.7. The second-order valence-electron chi connectivity index (χ2n) is 25.9. The van der Waals surface area contributed by atoms with E-state index in [1.54, 1.807) is 108 Å². The van der Waals surface area contributed by atoms with E-state index in [1.165, 1.54) is 48.2 Å². The largest absolute Gasteiger partial charge is 0.491 e. The number of aromatic nitrogens is 18. The van der Waals surface area contributed by atoms with Gasteiger partial charge in [0.2, 0.25) is 41.2 Å². The monoisotopic (exact) mass is 1450 g/mol. The fourth-order valence-corrected chi connectivity index (χ4v) is 11.6. The molecule has 2 aliphatic heterocycles. The molecule has 0 unspecified atom stereocenters. The predicted molar refractivity (Wildman–Crippen MR) is 388 cm³/mol. The number of aliphatic carboxylic acids is 1. The number of methoxy groups -OCH3 is 3. The summed E-state index contributed by atoms with van der Waals surface area (Å²) in [6.45, 7) is 19.4. The number of esters is 1. The number of anilines is 5. The van der Waals surface area contributed by atoms with Gasteiger partial charge in [-0.15, -0.1) is 15.3 Å². The first-order valence-corrected chi connectivity index (χ1v) is 33.7. The van der Waals surface area contributed by atoms with Crippen molar-refractivity contribution < 1.29 is 56.4 Å². The number of carbonyl (C=O) groups excluding carboxylic acids is 2. The molecule has 2 saturated heterocycles. The molecule has 1 amide bonds. The average molecular weight is 1450 g/mol. The highest BCUT2D eigenvalue weighted by molar-refractivity contribution is 5.93. The summed E-state index contributed by atoms with van der Waals surface area (Å²) < 4.78 is 50.7. The van der Waals surface area contributed by atoms with Gasteiger partial charge in [0.1, 0.15) is 30.3 Å². The van der Waals surface area contributed by atoms with E-state index in [0.717, 1.165) is 56.5 Å². The maximum atomic E-state index is 13.7. The van der Waals surface area contributed by atoms with Crippen molar-refractivity contribution in [3.8, 4) is 46.3 Å². The number of ether oxygens (including phenoxy) is 5. The molecule has 552 valence electrons. The van der Waals surface area contributed by atoms with Crippen LogP contribution >= 0.6 is 0 Å². The molecule has 12 aromatic heterocycles. The number of carboxylic acids is 1. The number of hydrogen-bond acceptors (Lipinski definition) is 29. The van der Waals surface area contributed by atoms with E-state index in [-0.39, 0.29) is 23.8 Å². The molecular formula is C69H79N25O12. The summed E-state index contributed by atoms with van der Waals surface area (Å²) in [6, 6.07) is 26.8. The van der Waals surface area contributed by atoms with Crippen LogP contribution in [0, 0.1) is 0 Å². The fraction of sp³-hybridized carbons (Fsp3) is 0.348. The van der Waals surface area contributed by atoms with Crippen molar-refractivity contribution >= 4 is 97.1 Å². The highest BCUT2D eigenvalue weighted by atomic mass is 16.5. The smallest absolute Gasteiger partial charge is 0.333 e. The molecule has 0 saturated carbocycles. The van der Waals surface area contributed by atoms with Crippen LogP contribution in [0.5, 0.6) is 11.5 Å². The zero-order valence-electron chi connectivity index (χ0n) is 59.6. The molecule has 2 fully saturated rings. The zero-order chi connectivity index (χ0) is 74.6. The molecule has 0 spiro atoms. The van der Waals surface area contributed by atoms with E-state index < -0.39 is 28.6 Å². The number of nitrogens with one attached hydrogen (secondary N) is 1. The Hall–Kier alpha value is -12.8. The zero-order valence-corrected chi connectivity index (χ0v) is 59.6. The third-order valence-electron chi connectivity index (χ3n) is 17.8. The number of piperazine rings is 2. The lowest BCUT2D eigenvalue weighted by Gasteiger charge is -2.39. The lowest BCUT2D eigenvalue weighted by Crippen LogP contribution is -2.54. The Balaban J connectivity index is 0.000000131. The van der Waals surface area contributed by atoms with Gasteiger partial charge in [0.25, 0.3) is 0 Å². The van der Waals surface area contributed by atoms with Crippen molar-refractivity contribution in [2.75, 3.05) is 127 Å². The predicted octanol–water partition coefficient (Wildman–Crippen LogP) is 5.91. The van der Waals surface area contributed by atoms with Gasteiger partial charge in [0, 0.05) is 96.5 Å². The summed E-state index contributed by atoms with van der Waals surface area (Å²) in [7, 11) is 4.66. The third-order valence-corrected chi connectivity index (χ3v) is 17.8. The molecule has 2 aliphatic rings. The second kappa shape index (κ2) is 29.9. The Kier molecular flexibility index (Phi) is 20.2. The minimum atomic E-state index is -1.24. The summed E-state index contributed by atoms with van der Waals surface area (Å²) in [4.78, 5) is 70.0. The second-order valence-corrected chi connectivity index (χ2v) is 25.9. The first-order valence-electron chi connectivity index (χ1n) is 33.7. The number of carbonyl (C=O) groups is 3. The minimum Gasteiger partial charge on any atom is -0.491 e. The molecule has 0 radical (unpaired) electrons. The Morgan fingerprint density at radius 2 is 0.840 bits per heavy atom. The molecule has 0 aliphatic carbocycles. The Morgan fingerprint density at radius 3 is 1.19 bits per heavy atom. The van der Waals surface area contributed by atoms with E-state index in [0.29, 0.717) is 124 Å². The topological polar surface area (TPSA) is 440 Å². The van der Waals surface area contributed by atoms with Crippen LogP contribution in [0.2, 0.25) is 0 Å². The lowest BCUT2D eigenvalue weighted by atomic mass is 10.0. The Labute approximate surface area is 603 Å². The maximum Gasteiger partial charge on any atom is 0.333 e. The molecule has 2 aromatic carbocycles. The SMILES string of the molecule is CC(C)(C(=O)O)n1cc2c(nc(N)n3nc(-c4ccco4)nc23)n1.COC(=O)C(C)(C)n1cc2c(nc(N)n3nc(-c4ccco4)nc23)n1.COCCOc1ccc(N2CCN(C(=O)C(C)(C)n3cc4c(nc(N)n5nc(-c6ccco6)nc45)n3)CC2)cc1.COCCOc1ccc(N2CCNCC2)cc1. The van der Waals surface area contributed by atoms with Gasteiger partial charge >= 0.3 is 11.9 Å². The summed E-state index contributed by atoms with van der Waals surface area (Å²) >= 11 is 0. The number of nitrogen functional groups attached to an aromatic ring is 3. The quantitative estimate of drug-likeness (QED) is 0.0464. The van der Waals surface area contributed by atoms with Gasteiger partial charge in [0.05, 0.1) is 55.3 Å². The van der Waals surface area contributed by atoms with E-state index >= 15 is 0 Å². The molecule has 106 heavy (non-hydrogen) atoms. The molecule has 8 N–H and O–H groups in total. The van der Waals surface area contributed by atoms with Gasteiger partial charge in [0.15, 0.2) is 62.2 Å². The van der Waals surface area contributed by atoms with Gasteiger partial charge in [-0.3, -0.25) is 18.8 Å². The summed E-state index contributed by atoms with van der Waals surface area (Å²) in [5, 5.41) is 40.8. The van der Waals surface area contributed by atoms with E-state index in [1.807, 2.05) is 55.1 Å². The van der Waals surface area contributed by atoms with Crippen LogP contribution in [0.25, 0.3) is 84.8 Å². The first kappa shape index (κ1) is 71.6. The number of nitrogens with zero attached hydrogens (tertiary/aromatic N) is 21. The van der Waals surface area contributed by atoms with Crippen molar-refractivity contribution in [3.63, 3.8) is 0 Å². The number of fused-ring (bicyclic) bond motifs is 9. The van der Waals surface area contributed by atoms with Gasteiger partial charge in [-0.2, -0.15) is 43.8 Å². The van der Waals surface area contributed by atoms with Crippen LogP contribution in [0.4, 0.5) is 29.2 Å². The van der Waals surface area contributed by atoms with E-state index in [9.17, 15) is 19.5 Å². The molecule has 37 heteroatoms. The number of hydrogen-bond donors (Lipinski definition) is 5. The van der Waals surface area contributed by atoms with E-state index in [2.05, 4.69) is 87.7 Å². The number of benzene rings is 2. The molecule has 14 aromatic rings. The van der Waals surface area contributed by atoms with Crippen molar-refractivity contribution in [2.45, 2.75) is 58.2 Å². The normalized spacial score (nSPS) is 13.6. The first-order chi connectivity index (χ1) is 51.0. The average Bonchev–Trinajstić information content (AvgIpc) is 1.61. The molecule has 0 bridgehead atoms. The molecule has 37 nitrogen and oxygen atoms in total. The Bertz CT molecular complexity index is 5370. The van der Waals surface area contributed by atoms with Crippen molar-refractivity contribution in [3.05, 3.63) is 122 Å². The van der Waals surface area contributed by atoms with Crippen LogP contribution in [0.1, 0.15) is 41.5 Å². The number of amides is 1. The van der Waals surface area contributed by atoms with Crippen LogP contribution in [0.3, 0.4) is 0 Å². The fourth-order valence-electron chi connectivity index (χ4n) is 11.6. The van der Waals surface area contributed by atoms with Gasteiger partial charge in [-0.1, -0.05) is 0 Å². The molecule has 0 atom stereocenters. The van der Waals surface area contributed by atoms with Crippen LogP contribution < -0.4 is 41.8 Å². The Morgan fingerprint density at radius 1 is 0.472 bits per heavy atom. The van der Waals surface area contributed by atoms with Crippen molar-refractivity contribution in [2.24, 2.45) is 0 Å². The standard InChI is InChI=1S/C27H31N9O4.C15H15N7O3.C14H13N7O3.C13H20N2O2/c1-27(2,25(37)34-12-10-33(11-13-34)18-6-8-19(9-7-18)39-16-15-38-3)35-17-20-22(31-35)30-26(28)36-24(20)29-23(32-36)21-5-4-14-40-21;1-15(2,13(23)24-3)21-7-8-10(19-21)18-14(16)22-12(8)17-11(20-22)9-5-4-6-25-9;1-14(2,12(22)23)20-6-7-9(18-20)17-13(15)21-11(7)16-10(19-21)8-4-3-5-24-8;1-16-10-11-17-13-4-2-12(3-5-13)15-8-6-14-7-9-15/h4-9,14,17H,10-13,15-16H2,1-3H3,(H2,28,30,31);4-7H,1-3H3,(H2,16,18,19);3-6H,1-2H3,(H,22,23)(H2,15,17,18);2-5,14H,6-11H2,1H3. The van der Waals surface area contributed by atoms with Crippen LogP contribution in [-0.4, -0.2) is 216 Å². The van der Waals surface area contributed by atoms with Crippen molar-refractivity contribution in [1.82, 2.24) is 98.3 Å². The highest BCUT2D eigenvalue weighted by Crippen LogP contribution is 2.32. The third kappa shape index (κ3) is 14.5. The molecular weight excluding hydrogens is 1370 g/mol. The highest BCUT2D eigenvalue weighted by Gasteiger charge is 2.38. The number of carboxylic acid groups (broad SMARTS) is 1. The van der Waals surface area contributed by atoms with Crippen molar-refractivity contribution in [1.29, 1.82) is 0 Å². The molecule has 16 rings (SSSR count). The van der Waals surface area contributed by atoms with Gasteiger partial charge < -0.3 is 79.3 Å². The van der Waals surface area contributed by atoms with Crippen LogP contribution in [-0.2, 0) is 45.2 Å². The number of rotatable bonds is 19. The lowest BCUT2D eigenvalue weighted by molar-refractivity contribution is -0.150. The summed E-state index contributed by atoms with van der Waals surface area (Å²) in [5.74, 6) is 3.26. The number of furan rings is 3. The minimum absolute atomic E-state index is 0.0245. The molecule has 14 heterocycles. The maximum absolute atomic E-state index is 13.7. The van der Waals surface area contributed by atoms with Crippen LogP contribution in [0.15, 0.2) is 136 Å². The summed E-state index contributed by atoms with van der Waals surface area (Å²) in [6.07, 6.45) is 9.64. The number of nitrogens with two attached hydrogens (primary N) is 3.